The number of alkyl halides is 3. The van der Waals surface area contributed by atoms with Crippen molar-refractivity contribution in [3.8, 4) is 11.8 Å². The quantitative estimate of drug-likeness (QED) is 0.526. The molecular formula is C14H12F3NO2. The number of rotatable bonds is 3. The minimum Gasteiger partial charge on any atom is -0.355 e. The van der Waals surface area contributed by atoms with Gasteiger partial charge in [0.2, 0.25) is 5.91 Å². The highest BCUT2D eigenvalue weighted by molar-refractivity contribution is 5.78. The molecule has 0 saturated heterocycles. The van der Waals surface area contributed by atoms with Crippen LogP contribution < -0.4 is 5.32 Å². The predicted octanol–water partition coefficient (Wildman–Crippen LogP) is 2.40. The first-order chi connectivity index (χ1) is 9.34. The Hall–Kier alpha value is -2.29. The van der Waals surface area contributed by atoms with E-state index in [-0.39, 0.29) is 17.8 Å². The summed E-state index contributed by atoms with van der Waals surface area (Å²) in [4.78, 5) is 21.2. The van der Waals surface area contributed by atoms with Crippen molar-refractivity contribution in [2.75, 3.05) is 6.54 Å². The molecule has 1 N–H and O–H groups in total. The standard InChI is InChI=1S/C14H12F3NO2/c1-10(20)18-7-3-2-4-11-5-6-12(9-19)13(8-11)14(15,16)17/h5-6,8-9H,3,7H2,1H3,(H,18,20). The first-order valence-electron chi connectivity index (χ1n) is 5.74. The number of nitrogens with one attached hydrogen (secondary N) is 1. The molecule has 1 aromatic carbocycles. The average molecular weight is 283 g/mol. The van der Waals surface area contributed by atoms with E-state index >= 15 is 0 Å². The van der Waals surface area contributed by atoms with Crippen molar-refractivity contribution < 1.29 is 22.8 Å². The molecule has 3 nitrogen and oxygen atoms in total. The lowest BCUT2D eigenvalue weighted by Crippen LogP contribution is -2.20. The van der Waals surface area contributed by atoms with Crippen LogP contribution in [-0.4, -0.2) is 18.7 Å². The third-order valence-corrected chi connectivity index (χ3v) is 2.34. The van der Waals surface area contributed by atoms with Crippen LogP contribution in [-0.2, 0) is 11.0 Å². The summed E-state index contributed by atoms with van der Waals surface area (Å²) >= 11 is 0. The summed E-state index contributed by atoms with van der Waals surface area (Å²) in [5.74, 6) is 5.02. The van der Waals surface area contributed by atoms with E-state index in [2.05, 4.69) is 17.2 Å². The van der Waals surface area contributed by atoms with Crippen molar-refractivity contribution in [1.82, 2.24) is 5.32 Å². The number of aldehydes is 1. The maximum Gasteiger partial charge on any atom is 0.417 e. The second kappa shape index (κ2) is 6.75. The summed E-state index contributed by atoms with van der Waals surface area (Å²) < 4.78 is 38.1. The maximum absolute atomic E-state index is 12.7. The summed E-state index contributed by atoms with van der Waals surface area (Å²) in [7, 11) is 0. The molecule has 0 heterocycles. The Kier molecular flexibility index (Phi) is 5.32. The number of hydrogen-bond donors (Lipinski definition) is 1. The van der Waals surface area contributed by atoms with Gasteiger partial charge in [0.1, 0.15) is 0 Å². The third-order valence-electron chi connectivity index (χ3n) is 2.34. The van der Waals surface area contributed by atoms with Crippen LogP contribution in [0.2, 0.25) is 0 Å². The van der Waals surface area contributed by atoms with E-state index < -0.39 is 17.3 Å². The summed E-state index contributed by atoms with van der Waals surface area (Å²) in [6.07, 6.45) is -4.10. The van der Waals surface area contributed by atoms with E-state index in [1.54, 1.807) is 0 Å². The number of carbonyl (C=O) groups excluding carboxylic acids is 2. The monoisotopic (exact) mass is 283 g/mol. The predicted molar refractivity (Wildman–Crippen MR) is 67.0 cm³/mol. The van der Waals surface area contributed by atoms with Gasteiger partial charge in [0.15, 0.2) is 6.29 Å². The molecule has 1 aromatic rings. The van der Waals surface area contributed by atoms with Gasteiger partial charge in [-0.2, -0.15) is 13.2 Å². The van der Waals surface area contributed by atoms with Crippen LogP contribution >= 0.6 is 0 Å². The Bertz CT molecular complexity index is 568. The van der Waals surface area contributed by atoms with Crippen molar-refractivity contribution in [3.63, 3.8) is 0 Å². The minimum atomic E-state index is -4.59. The largest absolute Gasteiger partial charge is 0.417 e. The van der Waals surface area contributed by atoms with Crippen LogP contribution in [0.3, 0.4) is 0 Å². The van der Waals surface area contributed by atoms with Gasteiger partial charge in [-0.3, -0.25) is 9.59 Å². The Morgan fingerprint density at radius 3 is 2.65 bits per heavy atom. The summed E-state index contributed by atoms with van der Waals surface area (Å²) in [5, 5.41) is 2.52. The molecule has 0 bridgehead atoms. The molecule has 0 aliphatic heterocycles. The highest BCUT2D eigenvalue weighted by Crippen LogP contribution is 2.31. The Labute approximate surface area is 114 Å². The lowest BCUT2D eigenvalue weighted by atomic mass is 10.0. The van der Waals surface area contributed by atoms with Crippen LogP contribution in [0.5, 0.6) is 0 Å². The normalized spacial score (nSPS) is 10.4. The fourth-order valence-corrected chi connectivity index (χ4v) is 1.45. The van der Waals surface area contributed by atoms with Crippen molar-refractivity contribution in [1.29, 1.82) is 0 Å². The zero-order chi connectivity index (χ0) is 15.2. The lowest BCUT2D eigenvalue weighted by Gasteiger charge is -2.09. The summed E-state index contributed by atoms with van der Waals surface area (Å²) in [5.41, 5.74) is -1.24. The van der Waals surface area contributed by atoms with Crippen molar-refractivity contribution in [2.45, 2.75) is 19.5 Å². The number of amides is 1. The molecule has 0 saturated carbocycles. The first kappa shape index (κ1) is 15.8. The zero-order valence-electron chi connectivity index (χ0n) is 10.7. The molecule has 0 atom stereocenters. The average Bonchev–Trinajstić information content (AvgIpc) is 2.36. The van der Waals surface area contributed by atoms with E-state index in [1.807, 2.05) is 0 Å². The molecule has 0 aromatic heterocycles. The smallest absolute Gasteiger partial charge is 0.355 e. The van der Waals surface area contributed by atoms with Crippen LogP contribution in [0, 0.1) is 11.8 Å². The molecule has 0 radical (unpaired) electrons. The second-order valence-electron chi connectivity index (χ2n) is 3.95. The van der Waals surface area contributed by atoms with E-state index in [4.69, 9.17) is 0 Å². The van der Waals surface area contributed by atoms with Gasteiger partial charge < -0.3 is 5.32 Å². The molecule has 1 amide bonds. The molecule has 0 unspecified atom stereocenters. The molecule has 0 fully saturated rings. The third kappa shape index (κ3) is 4.76. The maximum atomic E-state index is 12.7. The molecule has 1 rings (SSSR count). The number of hydrogen-bond acceptors (Lipinski definition) is 2. The molecule has 20 heavy (non-hydrogen) atoms. The summed E-state index contributed by atoms with van der Waals surface area (Å²) in [6, 6.07) is 3.28. The molecule has 0 spiro atoms. The van der Waals surface area contributed by atoms with Crippen LogP contribution in [0.1, 0.15) is 34.8 Å². The molecule has 0 aliphatic rings. The SMILES string of the molecule is CC(=O)NCCC#Cc1ccc(C=O)c(C(F)(F)F)c1. The van der Waals surface area contributed by atoms with Crippen LogP contribution in [0.15, 0.2) is 18.2 Å². The fourth-order valence-electron chi connectivity index (χ4n) is 1.45. The summed E-state index contributed by atoms with van der Waals surface area (Å²) in [6.45, 7) is 1.70. The van der Waals surface area contributed by atoms with Gasteiger partial charge in [-0.05, 0) is 18.2 Å². The van der Waals surface area contributed by atoms with Crippen molar-refractivity contribution in [3.05, 3.63) is 34.9 Å². The minimum absolute atomic E-state index is 0.164. The number of halogens is 3. The van der Waals surface area contributed by atoms with E-state index in [1.165, 1.54) is 13.0 Å². The Balaban J connectivity index is 2.85. The highest BCUT2D eigenvalue weighted by Gasteiger charge is 2.33. The molecule has 0 aliphatic carbocycles. The number of carbonyl (C=O) groups is 2. The lowest BCUT2D eigenvalue weighted by molar-refractivity contribution is -0.137. The van der Waals surface area contributed by atoms with E-state index in [9.17, 15) is 22.8 Å². The Morgan fingerprint density at radius 1 is 1.40 bits per heavy atom. The fraction of sp³-hybridized carbons (Fsp3) is 0.286. The van der Waals surface area contributed by atoms with Gasteiger partial charge in [-0.25, -0.2) is 0 Å². The van der Waals surface area contributed by atoms with Crippen LogP contribution in [0.4, 0.5) is 13.2 Å². The van der Waals surface area contributed by atoms with Gasteiger partial charge in [0.05, 0.1) is 5.56 Å². The van der Waals surface area contributed by atoms with Crippen LogP contribution in [0.25, 0.3) is 0 Å². The second-order valence-corrected chi connectivity index (χ2v) is 3.95. The van der Waals surface area contributed by atoms with Gasteiger partial charge in [0.25, 0.3) is 0 Å². The van der Waals surface area contributed by atoms with Gasteiger partial charge in [0, 0.05) is 31.0 Å². The van der Waals surface area contributed by atoms with E-state index in [0.717, 1.165) is 12.1 Å². The molecule has 106 valence electrons. The van der Waals surface area contributed by atoms with Crippen molar-refractivity contribution in [2.24, 2.45) is 0 Å². The zero-order valence-corrected chi connectivity index (χ0v) is 10.7. The molecule has 6 heteroatoms. The van der Waals surface area contributed by atoms with Gasteiger partial charge >= 0.3 is 6.18 Å². The first-order valence-corrected chi connectivity index (χ1v) is 5.74. The number of benzene rings is 1. The van der Waals surface area contributed by atoms with Crippen molar-refractivity contribution >= 4 is 12.2 Å². The van der Waals surface area contributed by atoms with Gasteiger partial charge in [-0.15, -0.1) is 0 Å². The van der Waals surface area contributed by atoms with E-state index in [0.29, 0.717) is 13.0 Å². The highest BCUT2D eigenvalue weighted by atomic mass is 19.4. The van der Waals surface area contributed by atoms with Gasteiger partial charge in [-0.1, -0.05) is 11.8 Å². The Morgan fingerprint density at radius 2 is 2.10 bits per heavy atom. The topological polar surface area (TPSA) is 46.2 Å². The molecular weight excluding hydrogens is 271 g/mol.